The van der Waals surface area contributed by atoms with Crippen molar-refractivity contribution in [3.8, 4) is 0 Å². The first-order valence-electron chi connectivity index (χ1n) is 7.56. The van der Waals surface area contributed by atoms with E-state index in [0.717, 1.165) is 21.4 Å². The van der Waals surface area contributed by atoms with Crippen molar-refractivity contribution >= 4 is 39.2 Å². The molecule has 0 heterocycles. The van der Waals surface area contributed by atoms with Crippen molar-refractivity contribution in [2.75, 3.05) is 23.8 Å². The second-order valence-corrected chi connectivity index (χ2v) is 6.04. The molecule has 5 nitrogen and oxygen atoms in total. The Bertz CT molecular complexity index is 730. The van der Waals surface area contributed by atoms with Gasteiger partial charge in [0.15, 0.2) is 0 Å². The minimum atomic E-state index is -0.356. The van der Waals surface area contributed by atoms with E-state index in [1.165, 1.54) is 0 Å². The number of ether oxygens (including phenoxy) is 1. The Labute approximate surface area is 149 Å². The highest BCUT2D eigenvalue weighted by molar-refractivity contribution is 9.10. The summed E-state index contributed by atoms with van der Waals surface area (Å²) < 4.78 is 5.77. The lowest BCUT2D eigenvalue weighted by Gasteiger charge is -2.10. The van der Waals surface area contributed by atoms with Crippen molar-refractivity contribution in [3.05, 3.63) is 58.1 Å². The monoisotopic (exact) mass is 390 g/mol. The van der Waals surface area contributed by atoms with Gasteiger partial charge in [0.25, 0.3) is 0 Å². The zero-order valence-electron chi connectivity index (χ0n) is 13.6. The number of hydrogen-bond acceptors (Lipinski definition) is 4. The van der Waals surface area contributed by atoms with Gasteiger partial charge in [-0.1, -0.05) is 6.07 Å². The molecule has 2 aromatic rings. The van der Waals surface area contributed by atoms with Crippen LogP contribution in [0, 0.1) is 6.92 Å². The van der Waals surface area contributed by atoms with Gasteiger partial charge in [0.2, 0.25) is 5.91 Å². The van der Waals surface area contributed by atoms with E-state index in [4.69, 9.17) is 4.74 Å². The largest absolute Gasteiger partial charge is 0.462 e. The van der Waals surface area contributed by atoms with Gasteiger partial charge in [-0.2, -0.15) is 0 Å². The molecule has 0 aliphatic carbocycles. The molecule has 0 aliphatic heterocycles. The molecule has 0 saturated heterocycles. The van der Waals surface area contributed by atoms with Gasteiger partial charge < -0.3 is 15.4 Å². The van der Waals surface area contributed by atoms with Crippen molar-refractivity contribution in [3.63, 3.8) is 0 Å². The van der Waals surface area contributed by atoms with Crippen LogP contribution in [0.15, 0.2) is 46.9 Å². The maximum atomic E-state index is 12.0. The summed E-state index contributed by atoms with van der Waals surface area (Å²) in [5.41, 5.74) is 3.07. The summed E-state index contributed by atoms with van der Waals surface area (Å²) in [5, 5.41) is 5.85. The van der Waals surface area contributed by atoms with Gasteiger partial charge >= 0.3 is 5.97 Å². The van der Waals surface area contributed by atoms with E-state index in [1.54, 1.807) is 31.2 Å². The second kappa shape index (κ2) is 8.49. The topological polar surface area (TPSA) is 67.4 Å². The zero-order valence-corrected chi connectivity index (χ0v) is 15.1. The summed E-state index contributed by atoms with van der Waals surface area (Å²) in [6.45, 7) is 4.21. The molecule has 0 atom stereocenters. The SMILES string of the molecule is CCOC(=O)c1ccc(NCC(=O)Nc2ccc(C)cc2Br)cc1. The molecular formula is C18H19BrN2O3. The number of carbonyl (C=O) groups excluding carboxylic acids is 2. The van der Waals surface area contributed by atoms with Gasteiger partial charge in [-0.15, -0.1) is 0 Å². The third kappa shape index (κ3) is 5.09. The number of nitrogens with one attached hydrogen (secondary N) is 2. The van der Waals surface area contributed by atoms with Crippen LogP contribution in [0.25, 0.3) is 0 Å². The standard InChI is InChI=1S/C18H19BrN2O3/c1-3-24-18(23)13-5-7-14(8-6-13)20-11-17(22)21-16-9-4-12(2)10-15(16)19/h4-10,20H,3,11H2,1-2H3,(H,21,22). The van der Waals surface area contributed by atoms with Crippen molar-refractivity contribution in [2.24, 2.45) is 0 Å². The fourth-order valence-electron chi connectivity index (χ4n) is 2.04. The Morgan fingerprint density at radius 1 is 1.12 bits per heavy atom. The van der Waals surface area contributed by atoms with Crippen LogP contribution in [-0.4, -0.2) is 25.0 Å². The van der Waals surface area contributed by atoms with E-state index >= 15 is 0 Å². The van der Waals surface area contributed by atoms with Crippen LogP contribution in [0.3, 0.4) is 0 Å². The van der Waals surface area contributed by atoms with E-state index in [9.17, 15) is 9.59 Å². The van der Waals surface area contributed by atoms with E-state index < -0.39 is 0 Å². The normalized spacial score (nSPS) is 10.1. The highest BCUT2D eigenvalue weighted by atomic mass is 79.9. The highest BCUT2D eigenvalue weighted by Crippen LogP contribution is 2.23. The lowest BCUT2D eigenvalue weighted by Crippen LogP contribution is -2.22. The third-order valence-corrected chi connectivity index (χ3v) is 3.90. The summed E-state index contributed by atoms with van der Waals surface area (Å²) in [7, 11) is 0. The minimum absolute atomic E-state index is 0.124. The first kappa shape index (κ1) is 18.0. The first-order chi connectivity index (χ1) is 11.5. The maximum absolute atomic E-state index is 12.0. The molecule has 24 heavy (non-hydrogen) atoms. The summed E-state index contributed by atoms with van der Waals surface area (Å²) in [6.07, 6.45) is 0. The molecular weight excluding hydrogens is 372 g/mol. The van der Waals surface area contributed by atoms with Gasteiger partial charge in [0.05, 0.1) is 24.4 Å². The van der Waals surface area contributed by atoms with Crippen LogP contribution in [0.2, 0.25) is 0 Å². The van der Waals surface area contributed by atoms with Crippen LogP contribution >= 0.6 is 15.9 Å². The van der Waals surface area contributed by atoms with Crippen molar-refractivity contribution in [1.29, 1.82) is 0 Å². The van der Waals surface area contributed by atoms with Crippen molar-refractivity contribution in [1.82, 2.24) is 0 Å². The Balaban J connectivity index is 1.88. The van der Waals surface area contributed by atoms with Gasteiger partial charge in [-0.05, 0) is 71.7 Å². The molecule has 0 bridgehead atoms. The number of benzene rings is 2. The fourth-order valence-corrected chi connectivity index (χ4v) is 2.63. The van der Waals surface area contributed by atoms with Crippen LogP contribution in [0.1, 0.15) is 22.8 Å². The molecule has 1 amide bonds. The Morgan fingerprint density at radius 3 is 2.46 bits per heavy atom. The van der Waals surface area contributed by atoms with Crippen molar-refractivity contribution in [2.45, 2.75) is 13.8 Å². The van der Waals surface area contributed by atoms with E-state index in [2.05, 4.69) is 26.6 Å². The number of aryl methyl sites for hydroxylation is 1. The van der Waals surface area contributed by atoms with Crippen LogP contribution in [-0.2, 0) is 9.53 Å². The van der Waals surface area contributed by atoms with E-state index in [1.807, 2.05) is 25.1 Å². The van der Waals surface area contributed by atoms with Gasteiger partial charge in [0, 0.05) is 10.2 Å². The zero-order chi connectivity index (χ0) is 17.5. The molecule has 2 rings (SSSR count). The molecule has 2 N–H and O–H groups in total. The molecule has 126 valence electrons. The third-order valence-electron chi connectivity index (χ3n) is 3.25. The molecule has 0 saturated carbocycles. The Morgan fingerprint density at radius 2 is 1.83 bits per heavy atom. The molecule has 0 unspecified atom stereocenters. The van der Waals surface area contributed by atoms with Gasteiger partial charge in [-0.25, -0.2) is 4.79 Å². The molecule has 6 heteroatoms. The average Bonchev–Trinajstić information content (AvgIpc) is 2.56. The predicted octanol–water partition coefficient (Wildman–Crippen LogP) is 3.98. The van der Waals surface area contributed by atoms with E-state index in [0.29, 0.717) is 12.2 Å². The van der Waals surface area contributed by atoms with Gasteiger partial charge in [0.1, 0.15) is 0 Å². The summed E-state index contributed by atoms with van der Waals surface area (Å²) in [5.74, 6) is -0.514. The number of rotatable bonds is 6. The quantitative estimate of drug-likeness (QED) is 0.731. The smallest absolute Gasteiger partial charge is 0.338 e. The van der Waals surface area contributed by atoms with Crippen LogP contribution < -0.4 is 10.6 Å². The van der Waals surface area contributed by atoms with Crippen LogP contribution in [0.5, 0.6) is 0 Å². The van der Waals surface area contributed by atoms with Crippen LogP contribution in [0.4, 0.5) is 11.4 Å². The number of esters is 1. The lowest BCUT2D eigenvalue weighted by molar-refractivity contribution is -0.114. The Kier molecular flexibility index (Phi) is 6.37. The molecule has 0 fully saturated rings. The minimum Gasteiger partial charge on any atom is -0.462 e. The second-order valence-electron chi connectivity index (χ2n) is 5.18. The number of amides is 1. The molecule has 0 aromatic heterocycles. The van der Waals surface area contributed by atoms with Crippen molar-refractivity contribution < 1.29 is 14.3 Å². The summed E-state index contributed by atoms with van der Waals surface area (Å²) in [4.78, 5) is 23.6. The maximum Gasteiger partial charge on any atom is 0.338 e. The number of anilines is 2. The average molecular weight is 391 g/mol. The molecule has 2 aromatic carbocycles. The number of hydrogen-bond donors (Lipinski definition) is 2. The van der Waals surface area contributed by atoms with E-state index in [-0.39, 0.29) is 18.4 Å². The highest BCUT2D eigenvalue weighted by Gasteiger charge is 2.07. The molecule has 0 aliphatic rings. The summed E-state index contributed by atoms with van der Waals surface area (Å²) >= 11 is 3.43. The molecule has 0 radical (unpaired) electrons. The first-order valence-corrected chi connectivity index (χ1v) is 8.36. The lowest BCUT2D eigenvalue weighted by atomic mass is 10.2. The Hall–Kier alpha value is -2.34. The predicted molar refractivity (Wildman–Crippen MR) is 98.4 cm³/mol. The van der Waals surface area contributed by atoms with Gasteiger partial charge in [-0.3, -0.25) is 4.79 Å². The fraction of sp³-hybridized carbons (Fsp3) is 0.222. The number of halogens is 1. The molecule has 0 spiro atoms. The number of carbonyl (C=O) groups is 2. The summed E-state index contributed by atoms with van der Waals surface area (Å²) in [6, 6.07) is 12.5.